The third kappa shape index (κ3) is 1.83. The first kappa shape index (κ1) is 9.71. The standard InChI is InChI=1S/C11H12N2O2/c1-7-3-5-8(6-4-7)9-10(14)13-11(12-2)15-9/h3-6,9H,1-2H3,(H,12,13,14). The van der Waals surface area contributed by atoms with Crippen LogP contribution < -0.4 is 5.32 Å². The summed E-state index contributed by atoms with van der Waals surface area (Å²) in [4.78, 5) is 15.3. The molecule has 0 saturated carbocycles. The SMILES string of the molecule is CN=C1NC(=O)C(c2ccc(C)cc2)O1. The van der Waals surface area contributed by atoms with Gasteiger partial charge in [0.05, 0.1) is 0 Å². The van der Waals surface area contributed by atoms with E-state index < -0.39 is 6.10 Å². The first-order chi connectivity index (χ1) is 7.20. The molecule has 1 N–H and O–H groups in total. The molecular weight excluding hydrogens is 192 g/mol. The monoisotopic (exact) mass is 204 g/mol. The summed E-state index contributed by atoms with van der Waals surface area (Å²) >= 11 is 0. The van der Waals surface area contributed by atoms with E-state index in [-0.39, 0.29) is 11.9 Å². The molecule has 1 aromatic carbocycles. The highest BCUT2D eigenvalue weighted by atomic mass is 16.5. The molecule has 0 bridgehead atoms. The van der Waals surface area contributed by atoms with Gasteiger partial charge in [-0.3, -0.25) is 10.1 Å². The van der Waals surface area contributed by atoms with Crippen molar-refractivity contribution in [1.29, 1.82) is 0 Å². The fourth-order valence-electron chi connectivity index (χ4n) is 1.43. The third-order valence-electron chi connectivity index (χ3n) is 2.28. The lowest BCUT2D eigenvalue weighted by Gasteiger charge is -2.06. The maximum atomic E-state index is 11.5. The summed E-state index contributed by atoms with van der Waals surface area (Å²) in [5, 5.41) is 2.56. The summed E-state index contributed by atoms with van der Waals surface area (Å²) < 4.78 is 5.34. The lowest BCUT2D eigenvalue weighted by Crippen LogP contribution is -2.21. The van der Waals surface area contributed by atoms with Crippen LogP contribution >= 0.6 is 0 Å². The van der Waals surface area contributed by atoms with Crippen LogP contribution in [-0.2, 0) is 9.53 Å². The molecule has 4 heteroatoms. The summed E-state index contributed by atoms with van der Waals surface area (Å²) in [7, 11) is 1.58. The highest BCUT2D eigenvalue weighted by molar-refractivity contribution is 6.02. The molecular formula is C11H12N2O2. The number of carbonyl (C=O) groups is 1. The van der Waals surface area contributed by atoms with Gasteiger partial charge in [0.15, 0.2) is 0 Å². The van der Waals surface area contributed by atoms with Gasteiger partial charge in [-0.2, -0.15) is 0 Å². The molecule has 1 amide bonds. The number of hydrogen-bond donors (Lipinski definition) is 1. The van der Waals surface area contributed by atoms with Crippen LogP contribution in [0.3, 0.4) is 0 Å². The molecule has 0 aliphatic carbocycles. The zero-order chi connectivity index (χ0) is 10.8. The van der Waals surface area contributed by atoms with Gasteiger partial charge in [0.1, 0.15) is 0 Å². The van der Waals surface area contributed by atoms with Crippen molar-refractivity contribution in [2.75, 3.05) is 7.05 Å². The average molecular weight is 204 g/mol. The summed E-state index contributed by atoms with van der Waals surface area (Å²) in [6.45, 7) is 2.00. The number of hydrogen-bond acceptors (Lipinski definition) is 3. The van der Waals surface area contributed by atoms with Crippen LogP contribution in [0.5, 0.6) is 0 Å². The Morgan fingerprint density at radius 1 is 1.33 bits per heavy atom. The molecule has 1 aliphatic rings. The van der Waals surface area contributed by atoms with Gasteiger partial charge in [-0.15, -0.1) is 0 Å². The van der Waals surface area contributed by atoms with Crippen molar-refractivity contribution in [2.24, 2.45) is 4.99 Å². The molecule has 0 radical (unpaired) electrons. The Bertz CT molecular complexity index is 409. The van der Waals surface area contributed by atoms with Gasteiger partial charge in [-0.05, 0) is 6.92 Å². The Balaban J connectivity index is 2.25. The van der Waals surface area contributed by atoms with E-state index >= 15 is 0 Å². The predicted molar refractivity (Wildman–Crippen MR) is 56.5 cm³/mol. The van der Waals surface area contributed by atoms with Crippen LogP contribution in [0.25, 0.3) is 0 Å². The van der Waals surface area contributed by atoms with Gasteiger partial charge in [-0.1, -0.05) is 29.8 Å². The van der Waals surface area contributed by atoms with Crippen LogP contribution in [0.15, 0.2) is 29.3 Å². The van der Waals surface area contributed by atoms with Gasteiger partial charge in [-0.25, -0.2) is 4.99 Å². The van der Waals surface area contributed by atoms with Gasteiger partial charge >= 0.3 is 0 Å². The van der Waals surface area contributed by atoms with E-state index in [0.29, 0.717) is 0 Å². The van der Waals surface area contributed by atoms with Crippen molar-refractivity contribution in [3.8, 4) is 0 Å². The predicted octanol–water partition coefficient (Wildman–Crippen LogP) is 1.17. The summed E-state index contributed by atoms with van der Waals surface area (Å²) in [5.74, 6) is -0.167. The van der Waals surface area contributed by atoms with E-state index in [2.05, 4.69) is 10.3 Å². The first-order valence-corrected chi connectivity index (χ1v) is 4.71. The van der Waals surface area contributed by atoms with Crippen molar-refractivity contribution in [3.63, 3.8) is 0 Å². The van der Waals surface area contributed by atoms with Crippen molar-refractivity contribution >= 4 is 11.9 Å². The molecule has 1 unspecified atom stereocenters. The van der Waals surface area contributed by atoms with Crippen LogP contribution in [0.4, 0.5) is 0 Å². The summed E-state index contributed by atoms with van der Waals surface area (Å²) in [6.07, 6.45) is -0.565. The molecule has 0 aromatic heterocycles. The lowest BCUT2D eigenvalue weighted by molar-refractivity contribution is -0.123. The number of aryl methyl sites for hydroxylation is 1. The normalized spacial score (nSPS) is 22.7. The topological polar surface area (TPSA) is 50.7 Å². The zero-order valence-corrected chi connectivity index (χ0v) is 8.65. The number of nitrogens with one attached hydrogen (secondary N) is 1. The number of amides is 1. The van der Waals surface area contributed by atoms with Crippen molar-refractivity contribution in [3.05, 3.63) is 35.4 Å². The molecule has 4 nitrogen and oxygen atoms in total. The van der Waals surface area contributed by atoms with Gasteiger partial charge < -0.3 is 4.74 Å². The molecule has 2 rings (SSSR count). The van der Waals surface area contributed by atoms with Gasteiger partial charge in [0.2, 0.25) is 6.10 Å². The number of amidine groups is 1. The fraction of sp³-hybridized carbons (Fsp3) is 0.273. The molecule has 1 atom stereocenters. The number of benzene rings is 1. The minimum absolute atomic E-state index is 0.167. The largest absolute Gasteiger partial charge is 0.447 e. The van der Waals surface area contributed by atoms with E-state index in [1.807, 2.05) is 31.2 Å². The Morgan fingerprint density at radius 2 is 2.00 bits per heavy atom. The van der Waals surface area contributed by atoms with E-state index in [9.17, 15) is 4.79 Å². The van der Waals surface area contributed by atoms with E-state index in [4.69, 9.17) is 4.74 Å². The molecule has 1 saturated heterocycles. The fourth-order valence-corrected chi connectivity index (χ4v) is 1.43. The van der Waals surface area contributed by atoms with Gasteiger partial charge in [0.25, 0.3) is 11.9 Å². The molecule has 1 heterocycles. The van der Waals surface area contributed by atoms with E-state index in [1.54, 1.807) is 7.05 Å². The minimum Gasteiger partial charge on any atom is -0.447 e. The number of carbonyl (C=O) groups excluding carboxylic acids is 1. The van der Waals surface area contributed by atoms with Crippen molar-refractivity contribution in [1.82, 2.24) is 5.32 Å². The van der Waals surface area contributed by atoms with Crippen molar-refractivity contribution in [2.45, 2.75) is 13.0 Å². The number of nitrogens with zero attached hydrogens (tertiary/aromatic N) is 1. The molecule has 1 aliphatic heterocycles. The molecule has 1 aromatic rings. The van der Waals surface area contributed by atoms with E-state index in [1.165, 1.54) is 0 Å². The maximum absolute atomic E-state index is 11.5. The van der Waals surface area contributed by atoms with Crippen LogP contribution in [-0.4, -0.2) is 19.0 Å². The zero-order valence-electron chi connectivity index (χ0n) is 8.65. The maximum Gasteiger partial charge on any atom is 0.292 e. The first-order valence-electron chi connectivity index (χ1n) is 4.71. The van der Waals surface area contributed by atoms with Crippen molar-refractivity contribution < 1.29 is 9.53 Å². The van der Waals surface area contributed by atoms with Crippen LogP contribution in [0, 0.1) is 6.92 Å². The van der Waals surface area contributed by atoms with E-state index in [0.717, 1.165) is 11.1 Å². The highest BCUT2D eigenvalue weighted by Crippen LogP contribution is 2.22. The Morgan fingerprint density at radius 3 is 2.53 bits per heavy atom. The summed E-state index contributed by atoms with van der Waals surface area (Å²) in [5.41, 5.74) is 2.00. The lowest BCUT2D eigenvalue weighted by atomic mass is 10.1. The summed E-state index contributed by atoms with van der Waals surface area (Å²) in [6, 6.07) is 7.96. The molecule has 1 fully saturated rings. The highest BCUT2D eigenvalue weighted by Gasteiger charge is 2.31. The second-order valence-electron chi connectivity index (χ2n) is 3.43. The Labute approximate surface area is 88.0 Å². The Hall–Kier alpha value is -1.84. The molecule has 0 spiro atoms. The van der Waals surface area contributed by atoms with Crippen LogP contribution in [0.1, 0.15) is 17.2 Å². The second-order valence-corrected chi connectivity index (χ2v) is 3.43. The Kier molecular flexibility index (Phi) is 2.41. The minimum atomic E-state index is -0.565. The number of ether oxygens (including phenoxy) is 1. The number of rotatable bonds is 1. The second kappa shape index (κ2) is 3.73. The third-order valence-corrected chi connectivity index (χ3v) is 2.28. The molecule has 78 valence electrons. The van der Waals surface area contributed by atoms with Gasteiger partial charge in [0, 0.05) is 12.6 Å². The van der Waals surface area contributed by atoms with Crippen LogP contribution in [0.2, 0.25) is 0 Å². The quantitative estimate of drug-likeness (QED) is 0.746. The number of aliphatic imine (C=N–C) groups is 1. The average Bonchev–Trinajstić information content (AvgIpc) is 2.61. The molecule has 15 heavy (non-hydrogen) atoms. The smallest absolute Gasteiger partial charge is 0.292 e.